The zero-order valence-electron chi connectivity index (χ0n) is 14.4. The lowest BCUT2D eigenvalue weighted by atomic mass is 9.82. The standard InChI is InChI=1S/C19H23FN2OS/c1-13-17(24-12-21-13)7-8-18(23)22-10-9-16(19(22,2)3)14-5-4-6-15(20)11-14/h4-6,11-12,16H,7-10H2,1-3H3. The number of amides is 1. The van der Waals surface area contributed by atoms with Crippen molar-refractivity contribution in [1.29, 1.82) is 0 Å². The molecule has 1 fully saturated rings. The third-order valence-corrected chi connectivity index (χ3v) is 6.15. The molecule has 1 saturated heterocycles. The van der Waals surface area contributed by atoms with Crippen molar-refractivity contribution in [3.05, 3.63) is 51.7 Å². The summed E-state index contributed by atoms with van der Waals surface area (Å²) in [7, 11) is 0. The van der Waals surface area contributed by atoms with Crippen LogP contribution in [0.1, 0.15) is 48.7 Å². The number of likely N-dealkylation sites (tertiary alicyclic amines) is 1. The van der Waals surface area contributed by atoms with Crippen LogP contribution in [0.4, 0.5) is 4.39 Å². The van der Waals surface area contributed by atoms with E-state index in [0.717, 1.165) is 30.6 Å². The van der Waals surface area contributed by atoms with Crippen molar-refractivity contribution >= 4 is 17.2 Å². The van der Waals surface area contributed by atoms with E-state index in [9.17, 15) is 9.18 Å². The molecule has 0 spiro atoms. The minimum Gasteiger partial charge on any atom is -0.337 e. The van der Waals surface area contributed by atoms with E-state index in [-0.39, 0.29) is 23.2 Å². The van der Waals surface area contributed by atoms with E-state index < -0.39 is 0 Å². The molecule has 3 rings (SSSR count). The van der Waals surface area contributed by atoms with Crippen molar-refractivity contribution in [2.75, 3.05) is 6.54 Å². The van der Waals surface area contributed by atoms with Crippen molar-refractivity contribution in [2.45, 2.75) is 51.5 Å². The molecule has 2 aromatic rings. The van der Waals surface area contributed by atoms with Gasteiger partial charge in [-0.25, -0.2) is 9.37 Å². The first-order valence-electron chi connectivity index (χ1n) is 8.34. The third kappa shape index (κ3) is 3.22. The van der Waals surface area contributed by atoms with Crippen LogP contribution in [0.5, 0.6) is 0 Å². The highest BCUT2D eigenvalue weighted by molar-refractivity contribution is 7.09. The van der Waals surface area contributed by atoms with Gasteiger partial charge in [0.1, 0.15) is 5.82 Å². The van der Waals surface area contributed by atoms with Crippen LogP contribution in [0, 0.1) is 12.7 Å². The number of thiazole rings is 1. The Morgan fingerprint density at radius 2 is 2.25 bits per heavy atom. The lowest BCUT2D eigenvalue weighted by Crippen LogP contribution is -2.45. The molecular weight excluding hydrogens is 323 g/mol. The first kappa shape index (κ1) is 17.1. The number of hydrogen-bond acceptors (Lipinski definition) is 3. The van der Waals surface area contributed by atoms with Gasteiger partial charge < -0.3 is 4.90 Å². The number of hydrogen-bond donors (Lipinski definition) is 0. The van der Waals surface area contributed by atoms with Crippen LogP contribution in [0.25, 0.3) is 0 Å². The van der Waals surface area contributed by atoms with Crippen LogP contribution in [0.3, 0.4) is 0 Å². The summed E-state index contributed by atoms with van der Waals surface area (Å²) in [5.74, 6) is 0.128. The molecule has 1 unspecified atom stereocenters. The summed E-state index contributed by atoms with van der Waals surface area (Å²) >= 11 is 1.61. The SMILES string of the molecule is Cc1ncsc1CCC(=O)N1CCC(c2cccc(F)c2)C1(C)C. The maximum absolute atomic E-state index is 13.6. The first-order chi connectivity index (χ1) is 11.4. The smallest absolute Gasteiger partial charge is 0.223 e. The van der Waals surface area contributed by atoms with Crippen LogP contribution >= 0.6 is 11.3 Å². The molecule has 1 aliphatic rings. The Balaban J connectivity index is 1.70. The predicted octanol–water partition coefficient (Wildman–Crippen LogP) is 4.32. The summed E-state index contributed by atoms with van der Waals surface area (Å²) in [6.07, 6.45) is 2.12. The van der Waals surface area contributed by atoms with Crippen LogP contribution in [-0.4, -0.2) is 27.9 Å². The molecule has 5 heteroatoms. The molecule has 0 radical (unpaired) electrons. The molecule has 0 N–H and O–H groups in total. The molecule has 3 nitrogen and oxygen atoms in total. The van der Waals surface area contributed by atoms with E-state index in [2.05, 4.69) is 18.8 Å². The van der Waals surface area contributed by atoms with Crippen LogP contribution < -0.4 is 0 Å². The van der Waals surface area contributed by atoms with E-state index in [1.54, 1.807) is 23.5 Å². The fraction of sp³-hybridized carbons (Fsp3) is 0.474. The van der Waals surface area contributed by atoms with Crippen LogP contribution in [-0.2, 0) is 11.2 Å². The molecule has 1 aromatic carbocycles. The van der Waals surface area contributed by atoms with Crippen molar-refractivity contribution in [1.82, 2.24) is 9.88 Å². The Labute approximate surface area is 146 Å². The normalized spacial score (nSPS) is 19.7. The number of halogens is 1. The summed E-state index contributed by atoms with van der Waals surface area (Å²) in [6, 6.07) is 6.77. The number of nitrogens with zero attached hydrogens (tertiary/aromatic N) is 2. The molecule has 24 heavy (non-hydrogen) atoms. The Bertz CT molecular complexity index is 740. The van der Waals surface area contributed by atoms with Gasteiger partial charge in [-0.05, 0) is 51.3 Å². The summed E-state index contributed by atoms with van der Waals surface area (Å²) in [5, 5.41) is 0. The topological polar surface area (TPSA) is 33.2 Å². The van der Waals surface area contributed by atoms with Gasteiger partial charge in [0.25, 0.3) is 0 Å². The highest BCUT2D eigenvalue weighted by Gasteiger charge is 2.44. The Kier molecular flexibility index (Phi) is 4.72. The van der Waals surface area contributed by atoms with Gasteiger partial charge >= 0.3 is 0 Å². The van der Waals surface area contributed by atoms with E-state index in [1.165, 1.54) is 10.9 Å². The van der Waals surface area contributed by atoms with E-state index >= 15 is 0 Å². The van der Waals surface area contributed by atoms with Crippen LogP contribution in [0.2, 0.25) is 0 Å². The highest BCUT2D eigenvalue weighted by atomic mass is 32.1. The molecule has 0 bridgehead atoms. The zero-order valence-corrected chi connectivity index (χ0v) is 15.2. The number of carbonyl (C=O) groups excluding carboxylic acids is 1. The molecule has 2 heterocycles. The lowest BCUT2D eigenvalue weighted by molar-refractivity contribution is -0.134. The van der Waals surface area contributed by atoms with E-state index in [1.807, 2.05) is 23.4 Å². The number of aryl methyl sites for hydroxylation is 2. The molecule has 1 atom stereocenters. The van der Waals surface area contributed by atoms with Crippen molar-refractivity contribution < 1.29 is 9.18 Å². The molecule has 0 saturated carbocycles. The Hall–Kier alpha value is -1.75. The van der Waals surface area contributed by atoms with Gasteiger partial charge in [0.2, 0.25) is 5.91 Å². The average molecular weight is 346 g/mol. The molecular formula is C19H23FN2OS. The maximum Gasteiger partial charge on any atom is 0.223 e. The van der Waals surface area contributed by atoms with Crippen molar-refractivity contribution in [3.8, 4) is 0 Å². The van der Waals surface area contributed by atoms with Gasteiger partial charge in [0.15, 0.2) is 0 Å². The minimum absolute atomic E-state index is 0.169. The van der Waals surface area contributed by atoms with Gasteiger partial charge in [-0.3, -0.25) is 4.79 Å². The van der Waals surface area contributed by atoms with Gasteiger partial charge in [-0.15, -0.1) is 11.3 Å². The van der Waals surface area contributed by atoms with E-state index in [4.69, 9.17) is 0 Å². The second-order valence-electron chi connectivity index (χ2n) is 6.96. The van der Waals surface area contributed by atoms with Crippen molar-refractivity contribution in [2.24, 2.45) is 0 Å². The third-order valence-electron chi connectivity index (χ3n) is 5.15. The molecule has 128 valence electrons. The minimum atomic E-state index is -0.298. The fourth-order valence-electron chi connectivity index (χ4n) is 3.75. The highest BCUT2D eigenvalue weighted by Crippen LogP contribution is 2.42. The second kappa shape index (κ2) is 6.63. The maximum atomic E-state index is 13.6. The number of benzene rings is 1. The van der Waals surface area contributed by atoms with E-state index in [0.29, 0.717) is 6.42 Å². The largest absolute Gasteiger partial charge is 0.337 e. The first-order valence-corrected chi connectivity index (χ1v) is 9.22. The summed E-state index contributed by atoms with van der Waals surface area (Å²) in [6.45, 7) is 6.89. The number of carbonyl (C=O) groups is 1. The van der Waals surface area contributed by atoms with Crippen molar-refractivity contribution in [3.63, 3.8) is 0 Å². The quantitative estimate of drug-likeness (QED) is 0.826. The predicted molar refractivity (Wildman–Crippen MR) is 94.7 cm³/mol. The van der Waals surface area contributed by atoms with Gasteiger partial charge in [-0.2, -0.15) is 0 Å². The fourth-order valence-corrected chi connectivity index (χ4v) is 4.53. The zero-order chi connectivity index (χ0) is 17.3. The monoisotopic (exact) mass is 346 g/mol. The summed E-state index contributed by atoms with van der Waals surface area (Å²) < 4.78 is 13.6. The summed E-state index contributed by atoms with van der Waals surface area (Å²) in [4.78, 5) is 20.1. The van der Waals surface area contributed by atoms with Gasteiger partial charge in [0, 0.05) is 29.3 Å². The Morgan fingerprint density at radius 3 is 2.92 bits per heavy atom. The number of aromatic nitrogens is 1. The lowest BCUT2D eigenvalue weighted by Gasteiger charge is -2.36. The molecule has 1 aliphatic heterocycles. The Morgan fingerprint density at radius 1 is 1.46 bits per heavy atom. The van der Waals surface area contributed by atoms with Gasteiger partial charge in [-0.1, -0.05) is 12.1 Å². The number of rotatable bonds is 4. The summed E-state index contributed by atoms with van der Waals surface area (Å²) in [5.41, 5.74) is 3.53. The van der Waals surface area contributed by atoms with Gasteiger partial charge in [0.05, 0.1) is 11.2 Å². The molecule has 0 aliphatic carbocycles. The average Bonchev–Trinajstić information content (AvgIpc) is 3.07. The molecule has 1 aromatic heterocycles. The molecule has 1 amide bonds. The van der Waals surface area contributed by atoms with Crippen LogP contribution in [0.15, 0.2) is 29.8 Å². The second-order valence-corrected chi connectivity index (χ2v) is 7.90.